The highest BCUT2D eigenvalue weighted by Crippen LogP contribution is 2.33. The zero-order valence-corrected chi connectivity index (χ0v) is 17.9. The smallest absolute Gasteiger partial charge is 0.225 e. The van der Waals surface area contributed by atoms with Crippen LogP contribution in [-0.2, 0) is 21.2 Å². The number of rotatable bonds is 6. The van der Waals surface area contributed by atoms with Crippen molar-refractivity contribution >= 4 is 15.9 Å². The molecule has 1 heterocycles. The lowest BCUT2D eigenvalue weighted by molar-refractivity contribution is -0.139. The van der Waals surface area contributed by atoms with Crippen LogP contribution in [-0.4, -0.2) is 44.1 Å². The molecule has 0 unspecified atom stereocenters. The maximum absolute atomic E-state index is 14.5. The first kappa shape index (κ1) is 21.0. The number of nitrogens with zero attached hydrogens (tertiary/aromatic N) is 1. The predicted molar refractivity (Wildman–Crippen MR) is 115 cm³/mol. The van der Waals surface area contributed by atoms with E-state index < -0.39 is 10.0 Å². The van der Waals surface area contributed by atoms with Gasteiger partial charge < -0.3 is 4.90 Å². The van der Waals surface area contributed by atoms with Gasteiger partial charge in [-0.3, -0.25) is 4.79 Å². The van der Waals surface area contributed by atoms with Gasteiger partial charge in [0.1, 0.15) is 5.82 Å². The van der Waals surface area contributed by atoms with Crippen LogP contribution >= 0.6 is 0 Å². The lowest BCUT2D eigenvalue weighted by Gasteiger charge is -2.34. The molecule has 2 aromatic carbocycles. The fourth-order valence-corrected chi connectivity index (χ4v) is 5.29. The first-order chi connectivity index (χ1) is 14.3. The number of sulfonamides is 1. The average Bonchev–Trinajstić information content (AvgIpc) is 3.03. The Morgan fingerprint density at radius 1 is 1.13 bits per heavy atom. The minimum atomic E-state index is -3.40. The van der Waals surface area contributed by atoms with E-state index in [1.54, 1.807) is 6.07 Å². The number of hydrogen-bond donors (Lipinski definition) is 1. The molecule has 1 amide bonds. The van der Waals surface area contributed by atoms with Crippen LogP contribution in [0.2, 0.25) is 0 Å². The fraction of sp³-hybridized carbons (Fsp3) is 0.435. The molecule has 7 heteroatoms. The summed E-state index contributed by atoms with van der Waals surface area (Å²) in [6, 6.07) is 13.7. The van der Waals surface area contributed by atoms with Gasteiger partial charge in [0, 0.05) is 24.1 Å². The van der Waals surface area contributed by atoms with Crippen LogP contribution < -0.4 is 4.72 Å². The highest BCUT2D eigenvalue weighted by Gasteiger charge is 2.41. The van der Waals surface area contributed by atoms with E-state index in [0.29, 0.717) is 24.9 Å². The Balaban J connectivity index is 1.62. The van der Waals surface area contributed by atoms with Crippen LogP contribution in [0, 0.1) is 11.7 Å². The van der Waals surface area contributed by atoms with Crippen molar-refractivity contribution in [2.24, 2.45) is 5.92 Å². The topological polar surface area (TPSA) is 66.5 Å². The molecule has 1 N–H and O–H groups in total. The summed E-state index contributed by atoms with van der Waals surface area (Å²) in [6.45, 7) is 0.542. The first-order valence-corrected chi connectivity index (χ1v) is 12.3. The van der Waals surface area contributed by atoms with Crippen molar-refractivity contribution in [1.82, 2.24) is 9.62 Å². The molecule has 1 aliphatic heterocycles. The predicted octanol–water partition coefficient (Wildman–Crippen LogP) is 3.35. The molecule has 1 aliphatic carbocycles. The Labute approximate surface area is 177 Å². The zero-order chi connectivity index (χ0) is 21.3. The maximum atomic E-state index is 14.5. The largest absolute Gasteiger partial charge is 0.337 e. The van der Waals surface area contributed by atoms with Crippen LogP contribution in [0.25, 0.3) is 11.1 Å². The number of carbonyl (C=O) groups excluding carboxylic acids is 1. The highest BCUT2D eigenvalue weighted by molar-refractivity contribution is 7.88. The van der Waals surface area contributed by atoms with Crippen molar-refractivity contribution in [3.05, 3.63) is 59.9 Å². The molecular formula is C23H27FN2O3S. The second-order valence-electron chi connectivity index (χ2n) is 8.40. The molecule has 1 saturated heterocycles. The third-order valence-electron chi connectivity index (χ3n) is 6.21. The molecule has 30 heavy (non-hydrogen) atoms. The average molecular weight is 431 g/mol. The van der Waals surface area contributed by atoms with Crippen molar-refractivity contribution in [3.63, 3.8) is 0 Å². The summed E-state index contributed by atoms with van der Waals surface area (Å²) in [4.78, 5) is 14.8. The van der Waals surface area contributed by atoms with Gasteiger partial charge in [0.2, 0.25) is 15.9 Å². The molecular weight excluding hydrogens is 403 g/mol. The Bertz CT molecular complexity index is 1020. The summed E-state index contributed by atoms with van der Waals surface area (Å²) < 4.78 is 41.0. The van der Waals surface area contributed by atoms with E-state index in [2.05, 4.69) is 4.72 Å². The number of likely N-dealkylation sites (tertiary alicyclic amines) is 1. The number of nitrogens with one attached hydrogen (secondary N) is 1. The van der Waals surface area contributed by atoms with Gasteiger partial charge in [0.05, 0.1) is 12.3 Å². The SMILES string of the molecule is CS(=O)(=O)N[C@H]1CCN(C(=O)C2CCC2)[C@H]1Cc1ccc(F)c(-c2ccccc2)c1. The van der Waals surface area contributed by atoms with E-state index in [0.717, 1.165) is 36.6 Å². The minimum Gasteiger partial charge on any atom is -0.337 e. The van der Waals surface area contributed by atoms with Gasteiger partial charge in [0.25, 0.3) is 0 Å². The van der Waals surface area contributed by atoms with E-state index in [-0.39, 0.29) is 29.7 Å². The molecule has 0 spiro atoms. The van der Waals surface area contributed by atoms with E-state index in [1.807, 2.05) is 41.3 Å². The third kappa shape index (κ3) is 4.57. The Morgan fingerprint density at radius 2 is 1.87 bits per heavy atom. The molecule has 160 valence electrons. The monoisotopic (exact) mass is 430 g/mol. The van der Waals surface area contributed by atoms with Gasteiger partial charge in [-0.2, -0.15) is 0 Å². The summed E-state index contributed by atoms with van der Waals surface area (Å²) >= 11 is 0. The lowest BCUT2D eigenvalue weighted by atomic mass is 9.84. The number of hydrogen-bond acceptors (Lipinski definition) is 3. The Hall–Kier alpha value is -2.25. The molecule has 2 aromatic rings. The van der Waals surface area contributed by atoms with Crippen molar-refractivity contribution in [3.8, 4) is 11.1 Å². The molecule has 5 nitrogen and oxygen atoms in total. The summed E-state index contributed by atoms with van der Waals surface area (Å²) in [5.41, 5.74) is 2.18. The second kappa shape index (κ2) is 8.47. The molecule has 0 radical (unpaired) electrons. The second-order valence-corrected chi connectivity index (χ2v) is 10.2. The first-order valence-electron chi connectivity index (χ1n) is 10.4. The zero-order valence-electron chi connectivity index (χ0n) is 17.1. The molecule has 1 saturated carbocycles. The van der Waals surface area contributed by atoms with Crippen LogP contribution in [0.5, 0.6) is 0 Å². The van der Waals surface area contributed by atoms with Gasteiger partial charge >= 0.3 is 0 Å². The summed E-state index contributed by atoms with van der Waals surface area (Å²) in [7, 11) is -3.40. The van der Waals surface area contributed by atoms with Gasteiger partial charge in [-0.25, -0.2) is 17.5 Å². The van der Waals surface area contributed by atoms with Gasteiger partial charge in [-0.15, -0.1) is 0 Å². The lowest BCUT2D eigenvalue weighted by Crippen LogP contribution is -2.49. The van der Waals surface area contributed by atoms with Crippen molar-refractivity contribution in [1.29, 1.82) is 0 Å². The number of halogens is 1. The highest BCUT2D eigenvalue weighted by atomic mass is 32.2. The van der Waals surface area contributed by atoms with E-state index in [1.165, 1.54) is 6.07 Å². The molecule has 4 rings (SSSR count). The standard InChI is InChI=1S/C23H27FN2O3S/c1-30(28,29)25-21-12-13-26(23(27)18-8-5-9-18)22(21)15-16-10-11-20(24)19(14-16)17-6-3-2-4-7-17/h2-4,6-7,10-11,14,18,21-22,25H,5,8-9,12-13,15H2,1H3/t21-,22-/m0/s1. The van der Waals surface area contributed by atoms with Crippen molar-refractivity contribution in [2.45, 2.75) is 44.2 Å². The maximum Gasteiger partial charge on any atom is 0.225 e. The number of amides is 1. The summed E-state index contributed by atoms with van der Waals surface area (Å²) in [5.74, 6) is -0.128. The number of carbonyl (C=O) groups is 1. The summed E-state index contributed by atoms with van der Waals surface area (Å²) in [5, 5.41) is 0. The van der Waals surface area contributed by atoms with Crippen LogP contribution in [0.1, 0.15) is 31.2 Å². The van der Waals surface area contributed by atoms with E-state index in [9.17, 15) is 17.6 Å². The van der Waals surface area contributed by atoms with Crippen LogP contribution in [0.3, 0.4) is 0 Å². The summed E-state index contributed by atoms with van der Waals surface area (Å²) in [6.07, 6.45) is 5.08. The van der Waals surface area contributed by atoms with E-state index >= 15 is 0 Å². The molecule has 0 aromatic heterocycles. The third-order valence-corrected chi connectivity index (χ3v) is 6.94. The van der Waals surface area contributed by atoms with Crippen molar-refractivity contribution < 1.29 is 17.6 Å². The van der Waals surface area contributed by atoms with Gasteiger partial charge in [0.15, 0.2) is 0 Å². The molecule has 2 fully saturated rings. The fourth-order valence-electron chi connectivity index (χ4n) is 4.46. The van der Waals surface area contributed by atoms with Gasteiger partial charge in [-0.1, -0.05) is 42.8 Å². The van der Waals surface area contributed by atoms with Crippen LogP contribution in [0.4, 0.5) is 4.39 Å². The Kier molecular flexibility index (Phi) is 5.93. The molecule has 0 bridgehead atoms. The normalized spacial score (nSPS) is 22.1. The Morgan fingerprint density at radius 3 is 2.50 bits per heavy atom. The van der Waals surface area contributed by atoms with Gasteiger partial charge in [-0.05, 0) is 48.9 Å². The molecule has 2 aliphatic rings. The van der Waals surface area contributed by atoms with Crippen molar-refractivity contribution in [2.75, 3.05) is 12.8 Å². The quantitative estimate of drug-likeness (QED) is 0.764. The van der Waals surface area contributed by atoms with Crippen LogP contribution in [0.15, 0.2) is 48.5 Å². The molecule has 2 atom stereocenters. The van der Waals surface area contributed by atoms with E-state index in [4.69, 9.17) is 0 Å². The minimum absolute atomic E-state index is 0.0533. The number of benzene rings is 2.